The highest BCUT2D eigenvalue weighted by molar-refractivity contribution is 9.10. The van der Waals surface area contributed by atoms with Crippen molar-refractivity contribution >= 4 is 37.3 Å². The Morgan fingerprint density at radius 1 is 1.16 bits per heavy atom. The topological polar surface area (TPSA) is 72.2 Å². The Bertz CT molecular complexity index is 719. The SMILES string of the molecule is Nc1ccc(F)cc1NS(=O)(=O)c1cccc(Br)c1. The van der Waals surface area contributed by atoms with Crippen molar-refractivity contribution in [2.24, 2.45) is 0 Å². The van der Waals surface area contributed by atoms with Crippen LogP contribution in [0.4, 0.5) is 15.8 Å². The zero-order chi connectivity index (χ0) is 14.0. The number of benzene rings is 2. The van der Waals surface area contributed by atoms with Crippen LogP contribution < -0.4 is 10.5 Å². The summed E-state index contributed by atoms with van der Waals surface area (Å²) in [4.78, 5) is 0.0607. The molecule has 0 aromatic heterocycles. The summed E-state index contributed by atoms with van der Waals surface area (Å²) >= 11 is 3.19. The summed E-state index contributed by atoms with van der Waals surface area (Å²) in [7, 11) is -3.80. The van der Waals surface area contributed by atoms with Gasteiger partial charge in [0.05, 0.1) is 16.3 Å². The lowest BCUT2D eigenvalue weighted by molar-refractivity contribution is 0.601. The van der Waals surface area contributed by atoms with Gasteiger partial charge >= 0.3 is 0 Å². The number of hydrogen-bond donors (Lipinski definition) is 2. The molecule has 3 N–H and O–H groups in total. The molecule has 0 amide bonds. The molecule has 0 atom stereocenters. The van der Waals surface area contributed by atoms with Gasteiger partial charge < -0.3 is 5.73 Å². The number of sulfonamides is 1. The molecule has 0 fully saturated rings. The second-order valence-electron chi connectivity index (χ2n) is 3.79. The average Bonchev–Trinajstić information content (AvgIpc) is 2.33. The maximum absolute atomic E-state index is 13.1. The zero-order valence-electron chi connectivity index (χ0n) is 9.60. The monoisotopic (exact) mass is 344 g/mol. The predicted octanol–water partition coefficient (Wildman–Crippen LogP) is 2.97. The van der Waals surface area contributed by atoms with E-state index in [0.717, 1.165) is 12.1 Å². The first-order valence-electron chi connectivity index (χ1n) is 5.22. The van der Waals surface area contributed by atoms with E-state index in [1.54, 1.807) is 12.1 Å². The highest BCUT2D eigenvalue weighted by Gasteiger charge is 2.16. The van der Waals surface area contributed by atoms with Gasteiger partial charge in [-0.25, -0.2) is 12.8 Å². The lowest BCUT2D eigenvalue weighted by Gasteiger charge is -2.10. The molecular weight excluding hydrogens is 335 g/mol. The minimum Gasteiger partial charge on any atom is -0.397 e. The molecule has 7 heteroatoms. The number of halogens is 2. The number of nitrogens with two attached hydrogens (primary N) is 1. The Hall–Kier alpha value is -1.60. The molecular formula is C12H10BrFN2O2S. The van der Waals surface area contributed by atoms with E-state index in [4.69, 9.17) is 5.73 Å². The Balaban J connectivity index is 2.39. The van der Waals surface area contributed by atoms with Gasteiger partial charge in [0.25, 0.3) is 10.0 Å². The minimum absolute atomic E-state index is 0.0139. The second-order valence-corrected chi connectivity index (χ2v) is 6.39. The van der Waals surface area contributed by atoms with Crippen LogP contribution in [0.2, 0.25) is 0 Å². The van der Waals surface area contributed by atoms with Crippen LogP contribution in [0.25, 0.3) is 0 Å². The van der Waals surface area contributed by atoms with Gasteiger partial charge in [-0.2, -0.15) is 0 Å². The molecule has 100 valence electrons. The fourth-order valence-corrected chi connectivity index (χ4v) is 3.13. The van der Waals surface area contributed by atoms with Crippen molar-refractivity contribution in [1.82, 2.24) is 0 Å². The summed E-state index contributed by atoms with van der Waals surface area (Å²) in [6.07, 6.45) is 0. The number of nitrogens with one attached hydrogen (secondary N) is 1. The van der Waals surface area contributed by atoms with E-state index < -0.39 is 15.8 Å². The molecule has 0 spiro atoms. The molecule has 0 aliphatic carbocycles. The number of hydrogen-bond acceptors (Lipinski definition) is 3. The third-order valence-corrected chi connectivity index (χ3v) is 4.22. The van der Waals surface area contributed by atoms with Crippen LogP contribution in [-0.2, 0) is 10.0 Å². The van der Waals surface area contributed by atoms with E-state index >= 15 is 0 Å². The molecule has 2 aromatic rings. The maximum Gasteiger partial charge on any atom is 0.262 e. The maximum atomic E-state index is 13.1. The van der Waals surface area contributed by atoms with Crippen molar-refractivity contribution < 1.29 is 12.8 Å². The number of nitrogen functional groups attached to an aromatic ring is 1. The Labute approximate surface area is 118 Å². The Morgan fingerprint density at radius 2 is 1.89 bits per heavy atom. The van der Waals surface area contributed by atoms with Gasteiger partial charge in [-0.15, -0.1) is 0 Å². The third-order valence-electron chi connectivity index (χ3n) is 2.37. The van der Waals surface area contributed by atoms with E-state index in [-0.39, 0.29) is 16.3 Å². The van der Waals surface area contributed by atoms with Crippen LogP contribution in [0.15, 0.2) is 51.8 Å². The Morgan fingerprint density at radius 3 is 2.58 bits per heavy atom. The van der Waals surface area contributed by atoms with Crippen molar-refractivity contribution in [1.29, 1.82) is 0 Å². The standard InChI is InChI=1S/C12H10BrFN2O2S/c13-8-2-1-3-10(6-8)19(17,18)16-12-7-9(14)4-5-11(12)15/h1-7,16H,15H2. The molecule has 0 saturated heterocycles. The molecule has 2 rings (SSSR count). The summed E-state index contributed by atoms with van der Waals surface area (Å²) in [5, 5.41) is 0. The van der Waals surface area contributed by atoms with Crippen molar-refractivity contribution in [2.45, 2.75) is 4.90 Å². The first-order valence-corrected chi connectivity index (χ1v) is 7.49. The van der Waals surface area contributed by atoms with E-state index in [1.165, 1.54) is 18.2 Å². The first kappa shape index (κ1) is 13.8. The Kier molecular flexibility index (Phi) is 3.77. The molecule has 0 unspecified atom stereocenters. The fourth-order valence-electron chi connectivity index (χ4n) is 1.45. The van der Waals surface area contributed by atoms with Gasteiger partial charge in [0.2, 0.25) is 0 Å². The highest BCUT2D eigenvalue weighted by atomic mass is 79.9. The second kappa shape index (κ2) is 5.18. The average molecular weight is 345 g/mol. The van der Waals surface area contributed by atoms with Crippen molar-refractivity contribution in [3.8, 4) is 0 Å². The summed E-state index contributed by atoms with van der Waals surface area (Å²) in [5.74, 6) is -0.568. The first-order chi connectivity index (χ1) is 8.88. The van der Waals surface area contributed by atoms with Gasteiger partial charge in [-0.1, -0.05) is 22.0 Å². The highest BCUT2D eigenvalue weighted by Crippen LogP contribution is 2.24. The van der Waals surface area contributed by atoms with Crippen LogP contribution in [0.5, 0.6) is 0 Å². The largest absolute Gasteiger partial charge is 0.397 e. The van der Waals surface area contributed by atoms with Crippen molar-refractivity contribution in [2.75, 3.05) is 10.5 Å². The summed E-state index contributed by atoms with van der Waals surface area (Å²) in [5.41, 5.74) is 5.77. The summed E-state index contributed by atoms with van der Waals surface area (Å²) in [6.45, 7) is 0. The van der Waals surface area contributed by atoms with Gasteiger partial charge in [-0.3, -0.25) is 4.72 Å². The van der Waals surface area contributed by atoms with E-state index in [9.17, 15) is 12.8 Å². The van der Waals surface area contributed by atoms with Crippen LogP contribution in [0, 0.1) is 5.82 Å². The van der Waals surface area contributed by atoms with Gasteiger partial charge in [-0.05, 0) is 30.3 Å². The van der Waals surface area contributed by atoms with Crippen LogP contribution in [-0.4, -0.2) is 8.42 Å². The molecule has 0 saturated carbocycles. The lowest BCUT2D eigenvalue weighted by Crippen LogP contribution is -2.14. The third kappa shape index (κ3) is 3.24. The normalized spacial score (nSPS) is 11.3. The van der Waals surface area contributed by atoms with E-state index in [2.05, 4.69) is 20.7 Å². The molecule has 0 radical (unpaired) electrons. The molecule has 4 nitrogen and oxygen atoms in total. The van der Waals surface area contributed by atoms with Crippen molar-refractivity contribution in [3.63, 3.8) is 0 Å². The molecule has 0 aliphatic heterocycles. The predicted molar refractivity (Wildman–Crippen MR) is 75.8 cm³/mol. The van der Waals surface area contributed by atoms with Crippen molar-refractivity contribution in [3.05, 3.63) is 52.8 Å². The molecule has 0 heterocycles. The van der Waals surface area contributed by atoms with Gasteiger partial charge in [0.15, 0.2) is 0 Å². The zero-order valence-corrected chi connectivity index (χ0v) is 12.0. The smallest absolute Gasteiger partial charge is 0.262 e. The summed E-state index contributed by atoms with van der Waals surface area (Å²) < 4.78 is 40.2. The number of anilines is 2. The van der Waals surface area contributed by atoms with Crippen LogP contribution >= 0.6 is 15.9 Å². The lowest BCUT2D eigenvalue weighted by atomic mass is 10.3. The van der Waals surface area contributed by atoms with Crippen LogP contribution in [0.3, 0.4) is 0 Å². The number of rotatable bonds is 3. The van der Waals surface area contributed by atoms with Crippen LogP contribution in [0.1, 0.15) is 0 Å². The van der Waals surface area contributed by atoms with E-state index in [0.29, 0.717) is 4.47 Å². The molecule has 0 aliphatic rings. The molecule has 0 bridgehead atoms. The molecule has 2 aromatic carbocycles. The quantitative estimate of drug-likeness (QED) is 0.840. The summed E-state index contributed by atoms with van der Waals surface area (Å²) in [6, 6.07) is 9.66. The van der Waals surface area contributed by atoms with Gasteiger partial charge in [0.1, 0.15) is 5.82 Å². The fraction of sp³-hybridized carbons (Fsp3) is 0. The van der Waals surface area contributed by atoms with Gasteiger partial charge in [0, 0.05) is 10.5 Å². The minimum atomic E-state index is -3.80. The molecule has 19 heavy (non-hydrogen) atoms. The van der Waals surface area contributed by atoms with E-state index in [1.807, 2.05) is 0 Å².